The fourth-order valence-corrected chi connectivity index (χ4v) is 2.24. The number of esters is 1. The minimum atomic E-state index is -0.993. The zero-order chi connectivity index (χ0) is 11.5. The number of aliphatic hydroxyl groups is 1. The van der Waals surface area contributed by atoms with E-state index in [1.54, 1.807) is 6.92 Å². The Morgan fingerprint density at radius 2 is 2.00 bits per heavy atom. The molecule has 0 aliphatic heterocycles. The molecule has 0 amide bonds. The van der Waals surface area contributed by atoms with Crippen molar-refractivity contribution in [2.75, 3.05) is 6.61 Å². The van der Waals surface area contributed by atoms with Crippen LogP contribution in [-0.4, -0.2) is 23.8 Å². The molecule has 0 radical (unpaired) electrons. The largest absolute Gasteiger partial charge is 0.464 e. The number of ether oxygens (including phenoxy) is 1. The van der Waals surface area contributed by atoms with Crippen LogP contribution in [-0.2, 0) is 22.4 Å². The molecule has 0 heterocycles. The average molecular weight is 220 g/mol. The quantitative estimate of drug-likeness (QED) is 0.782. The first-order valence-electron chi connectivity index (χ1n) is 5.64. The summed E-state index contributed by atoms with van der Waals surface area (Å²) in [6.07, 6.45) is 0.527. The zero-order valence-corrected chi connectivity index (χ0v) is 9.35. The van der Waals surface area contributed by atoms with Gasteiger partial charge in [0.2, 0.25) is 0 Å². The third-order valence-electron chi connectivity index (χ3n) is 3.06. The molecule has 1 aliphatic rings. The molecule has 0 fully saturated rings. The van der Waals surface area contributed by atoms with Crippen molar-refractivity contribution in [1.82, 2.24) is 0 Å². The number of fused-ring (bicyclic) bond motifs is 1. The van der Waals surface area contributed by atoms with Gasteiger partial charge < -0.3 is 9.84 Å². The van der Waals surface area contributed by atoms with Crippen LogP contribution in [0, 0.1) is 5.92 Å². The van der Waals surface area contributed by atoms with Gasteiger partial charge in [-0.15, -0.1) is 0 Å². The molecule has 1 aromatic carbocycles. The molecule has 1 aliphatic carbocycles. The topological polar surface area (TPSA) is 46.5 Å². The van der Waals surface area contributed by atoms with Crippen LogP contribution in [0.25, 0.3) is 0 Å². The van der Waals surface area contributed by atoms with Crippen molar-refractivity contribution in [3.63, 3.8) is 0 Å². The first-order valence-corrected chi connectivity index (χ1v) is 5.64. The van der Waals surface area contributed by atoms with Crippen molar-refractivity contribution in [1.29, 1.82) is 0 Å². The van der Waals surface area contributed by atoms with Gasteiger partial charge in [0.15, 0.2) is 6.10 Å². The van der Waals surface area contributed by atoms with Gasteiger partial charge in [-0.25, -0.2) is 4.79 Å². The summed E-state index contributed by atoms with van der Waals surface area (Å²) >= 11 is 0. The Balaban J connectivity index is 2.03. The maximum atomic E-state index is 11.4. The number of carbonyl (C=O) groups excluding carboxylic acids is 1. The summed E-state index contributed by atoms with van der Waals surface area (Å²) in [6.45, 7) is 2.06. The van der Waals surface area contributed by atoms with Crippen LogP contribution in [0.5, 0.6) is 0 Å². The van der Waals surface area contributed by atoms with Crippen LogP contribution < -0.4 is 0 Å². The zero-order valence-electron chi connectivity index (χ0n) is 9.35. The Labute approximate surface area is 95.0 Å². The predicted molar refractivity (Wildman–Crippen MR) is 60.0 cm³/mol. The average Bonchev–Trinajstić information content (AvgIpc) is 2.71. The predicted octanol–water partition coefficient (Wildman–Crippen LogP) is 1.33. The smallest absolute Gasteiger partial charge is 0.335 e. The van der Waals surface area contributed by atoms with E-state index in [0.29, 0.717) is 6.61 Å². The van der Waals surface area contributed by atoms with E-state index in [2.05, 4.69) is 0 Å². The molecule has 1 atom stereocenters. The van der Waals surface area contributed by atoms with Crippen molar-refractivity contribution < 1.29 is 14.6 Å². The van der Waals surface area contributed by atoms with Gasteiger partial charge in [-0.05, 0) is 30.9 Å². The summed E-state index contributed by atoms with van der Waals surface area (Å²) in [6, 6.07) is 8.07. The number of benzene rings is 1. The number of aliphatic hydroxyl groups excluding tert-OH is 1. The molecular formula is C13H16O3. The Bertz CT molecular complexity index is 362. The highest BCUT2D eigenvalue weighted by molar-refractivity contribution is 5.75. The van der Waals surface area contributed by atoms with Crippen LogP contribution >= 0.6 is 0 Å². The maximum Gasteiger partial charge on any atom is 0.335 e. The SMILES string of the molecule is CCOC(=O)C(O)C1Cc2ccccc2C1. The minimum absolute atomic E-state index is 0.0311. The Kier molecular flexibility index (Phi) is 3.25. The Hall–Kier alpha value is -1.35. The first-order chi connectivity index (χ1) is 7.72. The molecule has 0 saturated carbocycles. The summed E-state index contributed by atoms with van der Waals surface area (Å²) in [5.74, 6) is -0.531. The molecule has 86 valence electrons. The molecule has 0 saturated heterocycles. The number of rotatable bonds is 3. The van der Waals surface area contributed by atoms with E-state index in [0.717, 1.165) is 12.8 Å². The van der Waals surface area contributed by atoms with E-state index in [9.17, 15) is 9.90 Å². The van der Waals surface area contributed by atoms with Crippen LogP contribution in [0.3, 0.4) is 0 Å². The van der Waals surface area contributed by atoms with Crippen LogP contribution in [0.4, 0.5) is 0 Å². The van der Waals surface area contributed by atoms with Gasteiger partial charge in [0.1, 0.15) is 0 Å². The summed E-state index contributed by atoms with van der Waals surface area (Å²) in [4.78, 5) is 11.4. The molecule has 2 rings (SSSR count). The molecule has 3 heteroatoms. The fourth-order valence-electron chi connectivity index (χ4n) is 2.24. The molecule has 0 spiro atoms. The van der Waals surface area contributed by atoms with Crippen molar-refractivity contribution in [3.05, 3.63) is 35.4 Å². The third kappa shape index (κ3) is 2.09. The lowest BCUT2D eigenvalue weighted by atomic mass is 9.99. The number of hydrogen-bond donors (Lipinski definition) is 1. The van der Waals surface area contributed by atoms with Gasteiger partial charge in [0.25, 0.3) is 0 Å². The second-order valence-electron chi connectivity index (χ2n) is 4.13. The Morgan fingerprint density at radius 1 is 1.44 bits per heavy atom. The Morgan fingerprint density at radius 3 is 2.50 bits per heavy atom. The molecule has 1 unspecified atom stereocenters. The highest BCUT2D eigenvalue weighted by Gasteiger charge is 2.32. The van der Waals surface area contributed by atoms with Crippen molar-refractivity contribution >= 4 is 5.97 Å². The molecule has 1 N–H and O–H groups in total. The van der Waals surface area contributed by atoms with Crippen LogP contribution in [0.1, 0.15) is 18.1 Å². The van der Waals surface area contributed by atoms with Crippen LogP contribution in [0.15, 0.2) is 24.3 Å². The number of carbonyl (C=O) groups is 1. The molecule has 3 nitrogen and oxygen atoms in total. The maximum absolute atomic E-state index is 11.4. The molecule has 0 bridgehead atoms. The van der Waals surface area contributed by atoms with Gasteiger partial charge in [-0.3, -0.25) is 0 Å². The van der Waals surface area contributed by atoms with E-state index < -0.39 is 12.1 Å². The fraction of sp³-hybridized carbons (Fsp3) is 0.462. The highest BCUT2D eigenvalue weighted by Crippen LogP contribution is 2.28. The summed E-state index contributed by atoms with van der Waals surface area (Å²) in [5.41, 5.74) is 2.46. The summed E-state index contributed by atoms with van der Waals surface area (Å²) < 4.78 is 4.83. The monoisotopic (exact) mass is 220 g/mol. The van der Waals surface area contributed by atoms with Gasteiger partial charge >= 0.3 is 5.97 Å². The van der Waals surface area contributed by atoms with Crippen LogP contribution in [0.2, 0.25) is 0 Å². The second-order valence-corrected chi connectivity index (χ2v) is 4.13. The van der Waals surface area contributed by atoms with E-state index in [4.69, 9.17) is 4.74 Å². The summed E-state index contributed by atoms with van der Waals surface area (Å²) in [5, 5.41) is 9.85. The van der Waals surface area contributed by atoms with Gasteiger partial charge in [0, 0.05) is 5.92 Å². The lowest BCUT2D eigenvalue weighted by molar-refractivity contribution is -0.155. The first kappa shape index (κ1) is 11.1. The van der Waals surface area contributed by atoms with Crippen molar-refractivity contribution in [3.8, 4) is 0 Å². The van der Waals surface area contributed by atoms with E-state index >= 15 is 0 Å². The standard InChI is InChI=1S/C13H16O3/c1-2-16-13(15)12(14)11-7-9-5-3-4-6-10(9)8-11/h3-6,11-12,14H,2,7-8H2,1H3. The lowest BCUT2D eigenvalue weighted by Gasteiger charge is -2.15. The van der Waals surface area contributed by atoms with E-state index in [1.807, 2.05) is 24.3 Å². The van der Waals surface area contributed by atoms with E-state index in [-0.39, 0.29) is 5.92 Å². The van der Waals surface area contributed by atoms with Crippen molar-refractivity contribution in [2.45, 2.75) is 25.9 Å². The number of hydrogen-bond acceptors (Lipinski definition) is 3. The molecule has 16 heavy (non-hydrogen) atoms. The highest BCUT2D eigenvalue weighted by atomic mass is 16.5. The molecule has 1 aromatic rings. The normalized spacial score (nSPS) is 16.9. The second kappa shape index (κ2) is 4.66. The van der Waals surface area contributed by atoms with Gasteiger partial charge in [-0.2, -0.15) is 0 Å². The van der Waals surface area contributed by atoms with Gasteiger partial charge in [0.05, 0.1) is 6.61 Å². The summed E-state index contributed by atoms with van der Waals surface area (Å²) in [7, 11) is 0. The lowest BCUT2D eigenvalue weighted by Crippen LogP contribution is -2.31. The third-order valence-corrected chi connectivity index (χ3v) is 3.06. The minimum Gasteiger partial charge on any atom is -0.464 e. The van der Waals surface area contributed by atoms with E-state index in [1.165, 1.54) is 11.1 Å². The molecular weight excluding hydrogens is 204 g/mol. The van der Waals surface area contributed by atoms with Crippen molar-refractivity contribution in [2.24, 2.45) is 5.92 Å². The van der Waals surface area contributed by atoms with Gasteiger partial charge in [-0.1, -0.05) is 24.3 Å². The molecule has 0 aromatic heterocycles.